The molecule has 0 aliphatic rings. The standard InChI is InChI=1S/C15H21NO3/c1-4-15(2,3)14(19)16-10-12-8-6-5-7-11(12)9-13(17)18/h5-8H,4,9-10H2,1-3H3,(H,16,19)(H,17,18). The lowest BCUT2D eigenvalue weighted by molar-refractivity contribution is -0.136. The van der Waals surface area contributed by atoms with Crippen molar-refractivity contribution in [3.05, 3.63) is 35.4 Å². The first-order valence-corrected chi connectivity index (χ1v) is 6.43. The maximum atomic E-state index is 12.0. The third-order valence-corrected chi connectivity index (χ3v) is 3.40. The Morgan fingerprint density at radius 2 is 1.79 bits per heavy atom. The fraction of sp³-hybridized carbons (Fsp3) is 0.467. The smallest absolute Gasteiger partial charge is 0.307 e. The van der Waals surface area contributed by atoms with E-state index in [-0.39, 0.29) is 12.3 Å². The fourth-order valence-electron chi connectivity index (χ4n) is 1.64. The van der Waals surface area contributed by atoms with Crippen molar-refractivity contribution in [2.24, 2.45) is 5.41 Å². The van der Waals surface area contributed by atoms with Crippen LogP contribution in [-0.4, -0.2) is 17.0 Å². The molecular weight excluding hydrogens is 242 g/mol. The predicted molar refractivity (Wildman–Crippen MR) is 73.7 cm³/mol. The van der Waals surface area contributed by atoms with Crippen molar-refractivity contribution in [3.8, 4) is 0 Å². The molecule has 0 aliphatic carbocycles. The largest absolute Gasteiger partial charge is 0.481 e. The highest BCUT2D eigenvalue weighted by molar-refractivity contribution is 5.81. The van der Waals surface area contributed by atoms with E-state index in [1.165, 1.54) is 0 Å². The topological polar surface area (TPSA) is 66.4 Å². The van der Waals surface area contributed by atoms with Crippen LogP contribution in [0.1, 0.15) is 38.3 Å². The highest BCUT2D eigenvalue weighted by atomic mass is 16.4. The molecule has 0 fully saturated rings. The van der Waals surface area contributed by atoms with Crippen LogP contribution < -0.4 is 5.32 Å². The minimum Gasteiger partial charge on any atom is -0.481 e. The summed E-state index contributed by atoms with van der Waals surface area (Å²) in [5.41, 5.74) is 1.19. The van der Waals surface area contributed by atoms with E-state index < -0.39 is 11.4 Å². The molecule has 19 heavy (non-hydrogen) atoms. The van der Waals surface area contributed by atoms with Gasteiger partial charge < -0.3 is 10.4 Å². The van der Waals surface area contributed by atoms with Crippen LogP contribution in [0.4, 0.5) is 0 Å². The van der Waals surface area contributed by atoms with Gasteiger partial charge >= 0.3 is 5.97 Å². The van der Waals surface area contributed by atoms with E-state index in [1.807, 2.05) is 32.9 Å². The first kappa shape index (κ1) is 15.2. The van der Waals surface area contributed by atoms with Crippen LogP contribution in [0.2, 0.25) is 0 Å². The van der Waals surface area contributed by atoms with E-state index in [9.17, 15) is 9.59 Å². The number of carboxylic acids is 1. The van der Waals surface area contributed by atoms with Gasteiger partial charge in [0, 0.05) is 12.0 Å². The highest BCUT2D eigenvalue weighted by Gasteiger charge is 2.24. The molecule has 1 aromatic rings. The molecule has 0 aliphatic heterocycles. The third kappa shape index (κ3) is 4.39. The Labute approximate surface area is 113 Å². The van der Waals surface area contributed by atoms with Gasteiger partial charge in [0.15, 0.2) is 0 Å². The van der Waals surface area contributed by atoms with E-state index in [0.717, 1.165) is 17.5 Å². The molecule has 0 aromatic heterocycles. The maximum absolute atomic E-state index is 12.0. The second kappa shape index (κ2) is 6.36. The van der Waals surface area contributed by atoms with Gasteiger partial charge in [-0.15, -0.1) is 0 Å². The molecular formula is C15H21NO3. The molecule has 0 unspecified atom stereocenters. The number of rotatable bonds is 6. The van der Waals surface area contributed by atoms with Gasteiger partial charge in [0.05, 0.1) is 6.42 Å². The Hall–Kier alpha value is -1.84. The zero-order valence-electron chi connectivity index (χ0n) is 11.7. The summed E-state index contributed by atoms with van der Waals surface area (Å²) in [6, 6.07) is 7.27. The molecule has 0 saturated carbocycles. The van der Waals surface area contributed by atoms with Crippen molar-refractivity contribution in [1.29, 1.82) is 0 Å². The minimum atomic E-state index is -0.868. The predicted octanol–water partition coefficient (Wildman–Crippen LogP) is 2.37. The molecule has 1 aromatic carbocycles. The molecule has 0 heterocycles. The first-order chi connectivity index (χ1) is 8.86. The number of aliphatic carboxylic acids is 1. The summed E-state index contributed by atoms with van der Waals surface area (Å²) in [4.78, 5) is 22.8. The Kier molecular flexibility index (Phi) is 5.10. The van der Waals surface area contributed by atoms with Gasteiger partial charge in [0.1, 0.15) is 0 Å². The van der Waals surface area contributed by atoms with Crippen LogP contribution in [0.25, 0.3) is 0 Å². The van der Waals surface area contributed by atoms with Crippen LogP contribution in [-0.2, 0) is 22.6 Å². The number of carboxylic acid groups (broad SMARTS) is 1. The quantitative estimate of drug-likeness (QED) is 0.828. The normalized spacial score (nSPS) is 11.1. The fourth-order valence-corrected chi connectivity index (χ4v) is 1.64. The second-order valence-electron chi connectivity index (χ2n) is 5.26. The van der Waals surface area contributed by atoms with Crippen LogP contribution >= 0.6 is 0 Å². The van der Waals surface area contributed by atoms with Gasteiger partial charge in [0.25, 0.3) is 0 Å². The first-order valence-electron chi connectivity index (χ1n) is 6.43. The van der Waals surface area contributed by atoms with Gasteiger partial charge in [-0.05, 0) is 17.5 Å². The second-order valence-corrected chi connectivity index (χ2v) is 5.26. The summed E-state index contributed by atoms with van der Waals surface area (Å²) in [6.07, 6.45) is 0.735. The zero-order chi connectivity index (χ0) is 14.5. The number of amides is 1. The Morgan fingerprint density at radius 3 is 2.32 bits per heavy atom. The molecule has 0 spiro atoms. The summed E-state index contributed by atoms with van der Waals surface area (Å²) in [5, 5.41) is 11.7. The molecule has 4 nitrogen and oxygen atoms in total. The van der Waals surface area contributed by atoms with Crippen molar-refractivity contribution < 1.29 is 14.7 Å². The minimum absolute atomic E-state index is 0.0138. The van der Waals surface area contributed by atoms with Crippen molar-refractivity contribution in [2.45, 2.75) is 40.2 Å². The van der Waals surface area contributed by atoms with E-state index in [0.29, 0.717) is 6.54 Å². The van der Waals surface area contributed by atoms with E-state index in [4.69, 9.17) is 5.11 Å². The lowest BCUT2D eigenvalue weighted by atomic mass is 9.89. The van der Waals surface area contributed by atoms with E-state index in [2.05, 4.69) is 5.32 Å². The molecule has 1 rings (SSSR count). The number of nitrogens with one attached hydrogen (secondary N) is 1. The molecule has 4 heteroatoms. The van der Waals surface area contributed by atoms with Gasteiger partial charge in [-0.1, -0.05) is 45.0 Å². The van der Waals surface area contributed by atoms with Gasteiger partial charge in [-0.2, -0.15) is 0 Å². The summed E-state index contributed by atoms with van der Waals surface area (Å²) in [7, 11) is 0. The number of hydrogen-bond acceptors (Lipinski definition) is 2. The van der Waals surface area contributed by atoms with Crippen molar-refractivity contribution in [3.63, 3.8) is 0 Å². The molecule has 0 radical (unpaired) electrons. The van der Waals surface area contributed by atoms with Crippen molar-refractivity contribution in [2.75, 3.05) is 0 Å². The average molecular weight is 263 g/mol. The van der Waals surface area contributed by atoms with E-state index in [1.54, 1.807) is 12.1 Å². The highest BCUT2D eigenvalue weighted by Crippen LogP contribution is 2.20. The maximum Gasteiger partial charge on any atom is 0.307 e. The summed E-state index contributed by atoms with van der Waals surface area (Å²) in [6.45, 7) is 6.13. The third-order valence-electron chi connectivity index (χ3n) is 3.40. The zero-order valence-corrected chi connectivity index (χ0v) is 11.7. The Morgan fingerprint density at radius 1 is 1.21 bits per heavy atom. The van der Waals surface area contributed by atoms with Gasteiger partial charge in [0.2, 0.25) is 5.91 Å². The van der Waals surface area contributed by atoms with Gasteiger partial charge in [-0.3, -0.25) is 9.59 Å². The number of carbonyl (C=O) groups excluding carboxylic acids is 1. The summed E-state index contributed by atoms with van der Waals surface area (Å²) < 4.78 is 0. The molecule has 104 valence electrons. The SMILES string of the molecule is CCC(C)(C)C(=O)NCc1ccccc1CC(=O)O. The van der Waals surface area contributed by atoms with Crippen molar-refractivity contribution in [1.82, 2.24) is 5.32 Å². The van der Waals surface area contributed by atoms with Crippen LogP contribution in [0.3, 0.4) is 0 Å². The summed E-state index contributed by atoms with van der Waals surface area (Å²) >= 11 is 0. The van der Waals surface area contributed by atoms with Crippen molar-refractivity contribution >= 4 is 11.9 Å². The monoisotopic (exact) mass is 263 g/mol. The molecule has 0 bridgehead atoms. The molecule has 0 saturated heterocycles. The van der Waals surface area contributed by atoms with Crippen LogP contribution in [0.5, 0.6) is 0 Å². The number of benzene rings is 1. The van der Waals surface area contributed by atoms with E-state index >= 15 is 0 Å². The molecule has 0 atom stereocenters. The van der Waals surface area contributed by atoms with Gasteiger partial charge in [-0.25, -0.2) is 0 Å². The Balaban J connectivity index is 2.73. The van der Waals surface area contributed by atoms with Crippen LogP contribution in [0, 0.1) is 5.41 Å². The molecule has 2 N–H and O–H groups in total. The number of carbonyl (C=O) groups is 2. The summed E-state index contributed by atoms with van der Waals surface area (Å²) in [5.74, 6) is -0.882. The molecule has 1 amide bonds. The lowest BCUT2D eigenvalue weighted by Gasteiger charge is -2.21. The Bertz CT molecular complexity index is 466. The number of hydrogen-bond donors (Lipinski definition) is 2. The lowest BCUT2D eigenvalue weighted by Crippen LogP contribution is -2.36. The van der Waals surface area contributed by atoms with Crippen LogP contribution in [0.15, 0.2) is 24.3 Å². The average Bonchev–Trinajstić information content (AvgIpc) is 2.36.